The number of phenolic OH excluding ortho intramolecular Hbond substituents is 1. The van der Waals surface area contributed by atoms with Crippen LogP contribution in [0, 0.1) is 0 Å². The number of imidazole rings is 1. The Labute approximate surface area is 240 Å². The van der Waals surface area contributed by atoms with E-state index in [2.05, 4.69) is 25.9 Å². The van der Waals surface area contributed by atoms with E-state index in [1.54, 1.807) is 0 Å². The Hall–Kier alpha value is -5.24. The molecule has 0 aliphatic rings. The number of nitrogens with zero attached hydrogens (tertiary/aromatic N) is 1. The highest BCUT2D eigenvalue weighted by Crippen LogP contribution is 2.12. The van der Waals surface area contributed by atoms with E-state index in [9.17, 15) is 34.2 Å². The third kappa shape index (κ3) is 9.75. The summed E-state index contributed by atoms with van der Waals surface area (Å²) in [6.07, 6.45) is 2.28. The average molecular weight is 580 g/mol. The smallest absolute Gasteiger partial charge is 0.326 e. The van der Waals surface area contributed by atoms with Crippen molar-refractivity contribution < 1.29 is 34.2 Å². The Balaban J connectivity index is 1.81. The zero-order valence-electron chi connectivity index (χ0n) is 22.5. The number of carbonyl (C=O) groups is 5. The maximum Gasteiger partial charge on any atom is 0.326 e. The summed E-state index contributed by atoms with van der Waals surface area (Å²) >= 11 is 0. The van der Waals surface area contributed by atoms with Crippen molar-refractivity contribution >= 4 is 29.6 Å². The van der Waals surface area contributed by atoms with E-state index in [1.807, 2.05) is 30.3 Å². The summed E-state index contributed by atoms with van der Waals surface area (Å²) < 4.78 is 0. The van der Waals surface area contributed by atoms with Crippen LogP contribution in [0.4, 0.5) is 0 Å². The third-order valence-electron chi connectivity index (χ3n) is 6.28. The molecule has 4 unspecified atom stereocenters. The molecule has 4 atom stereocenters. The zero-order valence-corrected chi connectivity index (χ0v) is 22.5. The van der Waals surface area contributed by atoms with Crippen molar-refractivity contribution in [3.63, 3.8) is 0 Å². The van der Waals surface area contributed by atoms with Crippen LogP contribution < -0.4 is 27.4 Å². The second kappa shape index (κ2) is 14.9. The molecule has 3 rings (SSSR count). The van der Waals surface area contributed by atoms with Gasteiger partial charge in [0.2, 0.25) is 23.6 Å². The molecule has 1 aromatic heterocycles. The number of carboxylic acid groups (broad SMARTS) is 1. The molecular weight excluding hydrogens is 546 g/mol. The van der Waals surface area contributed by atoms with E-state index in [4.69, 9.17) is 11.5 Å². The fourth-order valence-corrected chi connectivity index (χ4v) is 4.09. The van der Waals surface area contributed by atoms with Gasteiger partial charge in [0.05, 0.1) is 18.8 Å². The number of nitrogens with two attached hydrogens (primary N) is 2. The monoisotopic (exact) mass is 579 g/mol. The first-order valence-corrected chi connectivity index (χ1v) is 13.0. The van der Waals surface area contributed by atoms with E-state index >= 15 is 0 Å². The molecule has 3 aromatic rings. The third-order valence-corrected chi connectivity index (χ3v) is 6.28. The first kappa shape index (κ1) is 31.3. The van der Waals surface area contributed by atoms with Crippen LogP contribution in [0.2, 0.25) is 0 Å². The van der Waals surface area contributed by atoms with Crippen molar-refractivity contribution in [3.8, 4) is 5.75 Å². The number of aromatic amines is 1. The number of aliphatic carboxylic acids is 1. The number of carboxylic acids is 1. The maximum absolute atomic E-state index is 13.5. The fraction of sp³-hybridized carbons (Fsp3) is 0.286. The number of phenols is 1. The predicted molar refractivity (Wildman–Crippen MR) is 149 cm³/mol. The highest BCUT2D eigenvalue weighted by atomic mass is 16.4. The van der Waals surface area contributed by atoms with Crippen LogP contribution in [0.1, 0.15) is 23.2 Å². The number of carbonyl (C=O) groups excluding carboxylic acids is 4. The number of nitrogens with one attached hydrogen (secondary N) is 4. The van der Waals surface area contributed by atoms with Gasteiger partial charge in [0.15, 0.2) is 0 Å². The number of benzene rings is 2. The molecule has 4 amide bonds. The molecule has 0 bridgehead atoms. The Morgan fingerprint density at radius 1 is 0.786 bits per heavy atom. The van der Waals surface area contributed by atoms with E-state index in [-0.39, 0.29) is 25.0 Å². The van der Waals surface area contributed by atoms with E-state index in [0.717, 1.165) is 5.56 Å². The van der Waals surface area contributed by atoms with Crippen LogP contribution in [0.5, 0.6) is 5.75 Å². The minimum Gasteiger partial charge on any atom is -0.508 e. The number of primary amides is 1. The van der Waals surface area contributed by atoms with Gasteiger partial charge in [0, 0.05) is 24.7 Å². The van der Waals surface area contributed by atoms with Crippen LogP contribution in [0.15, 0.2) is 67.1 Å². The second-order valence-electron chi connectivity index (χ2n) is 9.64. The number of rotatable bonds is 15. The second-order valence-corrected chi connectivity index (χ2v) is 9.64. The molecule has 14 heteroatoms. The molecule has 1 heterocycles. The Morgan fingerprint density at radius 2 is 1.36 bits per heavy atom. The molecule has 2 aromatic carbocycles. The summed E-state index contributed by atoms with van der Waals surface area (Å²) in [5, 5.41) is 26.5. The van der Waals surface area contributed by atoms with Gasteiger partial charge < -0.3 is 42.6 Å². The van der Waals surface area contributed by atoms with Gasteiger partial charge in [-0.3, -0.25) is 19.2 Å². The summed E-state index contributed by atoms with van der Waals surface area (Å²) in [6, 6.07) is 9.74. The van der Waals surface area contributed by atoms with Gasteiger partial charge in [0.25, 0.3) is 0 Å². The van der Waals surface area contributed by atoms with Crippen LogP contribution in [0.3, 0.4) is 0 Å². The summed E-state index contributed by atoms with van der Waals surface area (Å²) in [7, 11) is 0. The van der Waals surface area contributed by atoms with Gasteiger partial charge in [-0.1, -0.05) is 42.5 Å². The highest BCUT2D eigenvalue weighted by molar-refractivity contribution is 5.95. The number of aromatic nitrogens is 2. The van der Waals surface area contributed by atoms with Crippen molar-refractivity contribution in [2.45, 2.75) is 49.9 Å². The molecule has 0 aliphatic carbocycles. The Kier molecular flexibility index (Phi) is 11.1. The van der Waals surface area contributed by atoms with E-state index in [0.29, 0.717) is 11.3 Å². The fourth-order valence-electron chi connectivity index (χ4n) is 4.09. The molecular formula is C28H33N7O7. The van der Waals surface area contributed by atoms with Crippen molar-refractivity contribution in [1.82, 2.24) is 25.9 Å². The Bertz CT molecular complexity index is 1370. The lowest BCUT2D eigenvalue weighted by molar-refractivity contribution is -0.143. The summed E-state index contributed by atoms with van der Waals surface area (Å²) in [4.78, 5) is 69.5. The number of H-pyrrole nitrogens is 1. The summed E-state index contributed by atoms with van der Waals surface area (Å²) in [6.45, 7) is 0. The summed E-state index contributed by atoms with van der Waals surface area (Å²) in [5.41, 5.74) is 13.1. The quantitative estimate of drug-likeness (QED) is 0.109. The average Bonchev–Trinajstić information content (AvgIpc) is 3.46. The molecule has 0 aliphatic heterocycles. The molecule has 0 saturated heterocycles. The minimum atomic E-state index is -1.63. The van der Waals surface area contributed by atoms with Crippen LogP contribution in [-0.2, 0) is 43.2 Å². The lowest BCUT2D eigenvalue weighted by Gasteiger charge is -2.25. The number of hydrogen-bond donors (Lipinski definition) is 8. The molecule has 10 N–H and O–H groups in total. The lowest BCUT2D eigenvalue weighted by Crippen LogP contribution is -2.58. The van der Waals surface area contributed by atoms with E-state index < -0.39 is 60.2 Å². The number of amides is 4. The molecule has 0 fully saturated rings. The number of hydrogen-bond acceptors (Lipinski definition) is 8. The van der Waals surface area contributed by atoms with Gasteiger partial charge in [-0.15, -0.1) is 0 Å². The first-order valence-electron chi connectivity index (χ1n) is 13.0. The van der Waals surface area contributed by atoms with Gasteiger partial charge in [-0.05, 0) is 29.7 Å². The Morgan fingerprint density at radius 3 is 1.93 bits per heavy atom. The topological polar surface area (TPSA) is 243 Å². The SMILES string of the molecule is NC(=O)CC(NC(=O)C(Cc1ccc(O)cc1)NC(=O)C(Cc1cnc[nH]1)NC(=O)C(N)Cc1ccccc1)C(=O)O. The zero-order chi connectivity index (χ0) is 30.6. The van der Waals surface area contributed by atoms with Crippen molar-refractivity contribution in [2.75, 3.05) is 0 Å². The molecule has 42 heavy (non-hydrogen) atoms. The van der Waals surface area contributed by atoms with Crippen molar-refractivity contribution in [2.24, 2.45) is 11.5 Å². The highest BCUT2D eigenvalue weighted by Gasteiger charge is 2.31. The molecule has 0 radical (unpaired) electrons. The van der Waals surface area contributed by atoms with Gasteiger partial charge in [0.1, 0.15) is 23.9 Å². The largest absolute Gasteiger partial charge is 0.508 e. The normalized spacial score (nSPS) is 13.6. The predicted octanol–water partition coefficient (Wildman–Crippen LogP) is -1.12. The van der Waals surface area contributed by atoms with Crippen LogP contribution >= 0.6 is 0 Å². The number of aromatic hydroxyl groups is 1. The van der Waals surface area contributed by atoms with Crippen LogP contribution in [-0.4, -0.2) is 73.9 Å². The van der Waals surface area contributed by atoms with Gasteiger partial charge in [-0.25, -0.2) is 9.78 Å². The van der Waals surface area contributed by atoms with Crippen molar-refractivity contribution in [1.29, 1.82) is 0 Å². The van der Waals surface area contributed by atoms with Gasteiger partial charge in [-0.2, -0.15) is 0 Å². The molecule has 0 spiro atoms. The maximum atomic E-state index is 13.5. The minimum absolute atomic E-state index is 0.0228. The first-order chi connectivity index (χ1) is 20.0. The van der Waals surface area contributed by atoms with Gasteiger partial charge >= 0.3 is 5.97 Å². The lowest BCUT2D eigenvalue weighted by atomic mass is 10.0. The molecule has 14 nitrogen and oxygen atoms in total. The van der Waals surface area contributed by atoms with E-state index in [1.165, 1.54) is 36.8 Å². The molecule has 222 valence electrons. The van der Waals surface area contributed by atoms with Crippen LogP contribution in [0.25, 0.3) is 0 Å². The standard InChI is InChI=1S/C28H33N7O7/c29-20(10-16-4-2-1-3-5-16)25(38)33-22(12-18-14-31-15-32-18)27(40)34-21(11-17-6-8-19(36)9-7-17)26(39)35-23(28(41)42)13-24(30)37/h1-9,14-15,20-23,36H,10-13,29H2,(H2,30,37)(H,31,32)(H,33,38)(H,34,40)(H,35,39)(H,41,42). The molecule has 0 saturated carbocycles. The summed E-state index contributed by atoms with van der Waals surface area (Å²) in [5.74, 6) is -4.73. The van der Waals surface area contributed by atoms with Crippen molar-refractivity contribution in [3.05, 3.63) is 83.9 Å².